The highest BCUT2D eigenvalue weighted by Crippen LogP contribution is 2.18. The number of imidazole rings is 1. The Bertz CT molecular complexity index is 796. The molecule has 0 aliphatic heterocycles. The molecule has 3 aromatic rings. The number of nitrogen functional groups attached to an aromatic ring is 1. The first kappa shape index (κ1) is 12.7. The van der Waals surface area contributed by atoms with Gasteiger partial charge in [-0.1, -0.05) is 11.6 Å². The molecule has 0 spiro atoms. The van der Waals surface area contributed by atoms with Gasteiger partial charge in [0.05, 0.1) is 25.5 Å². The molecule has 8 heteroatoms. The highest BCUT2D eigenvalue weighted by Gasteiger charge is 2.15. The third-order valence-electron chi connectivity index (χ3n) is 3.17. The molecule has 0 atom stereocenters. The monoisotopic (exact) mass is 290 g/mol. The number of aromatic nitrogens is 6. The summed E-state index contributed by atoms with van der Waals surface area (Å²) in [5, 5.41) is 0.342. The molecule has 0 aromatic carbocycles. The fraction of sp³-hybridized carbons (Fsp3) is 0.250. The van der Waals surface area contributed by atoms with E-state index in [4.69, 9.17) is 17.3 Å². The lowest BCUT2D eigenvalue weighted by atomic mass is 10.3. The van der Waals surface area contributed by atoms with Crippen LogP contribution in [0.2, 0.25) is 5.15 Å². The fourth-order valence-corrected chi connectivity index (χ4v) is 2.17. The molecule has 0 fully saturated rings. The maximum absolute atomic E-state index is 5.98. The minimum absolute atomic E-state index is 0.342. The number of hydrogen-bond donors (Lipinski definition) is 1. The van der Waals surface area contributed by atoms with Crippen LogP contribution in [-0.4, -0.2) is 24.5 Å². The summed E-state index contributed by atoms with van der Waals surface area (Å²) in [7, 11) is 1.93. The second kappa shape index (κ2) is 4.68. The van der Waals surface area contributed by atoms with Crippen LogP contribution in [0.5, 0.6) is 0 Å². The first-order valence-electron chi connectivity index (χ1n) is 5.99. The fourth-order valence-electron chi connectivity index (χ4n) is 1.99. The Morgan fingerprint density at radius 3 is 2.95 bits per heavy atom. The highest BCUT2D eigenvalue weighted by atomic mass is 35.5. The number of anilines is 1. The number of aryl methyl sites for hydroxylation is 2. The molecule has 0 aliphatic carbocycles. The number of nitrogens with zero attached hydrogens (tertiary/aromatic N) is 6. The van der Waals surface area contributed by atoms with Gasteiger partial charge in [-0.25, -0.2) is 19.5 Å². The zero-order chi connectivity index (χ0) is 14.3. The van der Waals surface area contributed by atoms with Crippen molar-refractivity contribution in [2.45, 2.75) is 13.5 Å². The summed E-state index contributed by atoms with van der Waals surface area (Å²) in [6.45, 7) is 2.43. The van der Waals surface area contributed by atoms with Crippen LogP contribution in [0.15, 0.2) is 18.9 Å². The summed E-state index contributed by atoms with van der Waals surface area (Å²) < 4.78 is 3.79. The van der Waals surface area contributed by atoms with Gasteiger partial charge in [-0.05, 0) is 4.98 Å². The molecule has 2 N–H and O–H groups in total. The summed E-state index contributed by atoms with van der Waals surface area (Å²) in [6, 6.07) is 0. The van der Waals surface area contributed by atoms with Crippen molar-refractivity contribution in [2.75, 3.05) is 5.73 Å². The van der Waals surface area contributed by atoms with Gasteiger partial charge in [-0.2, -0.15) is 0 Å². The van der Waals surface area contributed by atoms with Gasteiger partial charge in [0.1, 0.15) is 18.0 Å². The van der Waals surface area contributed by atoms with Crippen LogP contribution in [0, 0.1) is 6.92 Å². The zero-order valence-corrected chi connectivity index (χ0v) is 11.8. The van der Waals surface area contributed by atoms with Crippen LogP contribution in [-0.2, 0) is 13.6 Å². The van der Waals surface area contributed by atoms with Gasteiger partial charge >= 0.3 is 0 Å². The van der Waals surface area contributed by atoms with Crippen LogP contribution in [0.3, 0.4) is 0 Å². The van der Waals surface area contributed by atoms with Crippen molar-refractivity contribution in [3.8, 4) is 0 Å². The van der Waals surface area contributed by atoms with Gasteiger partial charge in [0.2, 0.25) is 5.82 Å². The van der Waals surface area contributed by atoms with E-state index in [9.17, 15) is 0 Å². The van der Waals surface area contributed by atoms with Crippen molar-refractivity contribution >= 4 is 28.6 Å². The van der Waals surface area contributed by atoms with E-state index in [0.717, 1.165) is 11.4 Å². The quantitative estimate of drug-likeness (QED) is 0.553. The topological polar surface area (TPSA) is 86.4 Å². The second-order valence-electron chi connectivity index (χ2n) is 4.52. The molecule has 0 saturated carbocycles. The average Bonchev–Trinajstić information content (AvgIpc) is 2.81. The van der Waals surface area contributed by atoms with Crippen LogP contribution in [0.25, 0.3) is 11.2 Å². The third-order valence-corrected chi connectivity index (χ3v) is 3.45. The van der Waals surface area contributed by atoms with Crippen LogP contribution < -0.4 is 10.3 Å². The Morgan fingerprint density at radius 2 is 2.15 bits per heavy atom. The molecule has 3 aromatic heterocycles. The van der Waals surface area contributed by atoms with Gasteiger partial charge < -0.3 is 10.3 Å². The maximum atomic E-state index is 5.98. The largest absolute Gasteiger partial charge is 0.362 e. The van der Waals surface area contributed by atoms with Crippen molar-refractivity contribution in [2.24, 2.45) is 7.05 Å². The summed E-state index contributed by atoms with van der Waals surface area (Å²) >= 11 is 5.98. The number of fused-ring (bicyclic) bond motifs is 1. The van der Waals surface area contributed by atoms with E-state index in [-0.39, 0.29) is 0 Å². The molecule has 0 amide bonds. The van der Waals surface area contributed by atoms with E-state index in [0.29, 0.717) is 28.7 Å². The Morgan fingerprint density at radius 1 is 1.35 bits per heavy atom. The van der Waals surface area contributed by atoms with E-state index >= 15 is 0 Å². The third kappa shape index (κ3) is 2.05. The van der Waals surface area contributed by atoms with E-state index in [2.05, 4.69) is 19.9 Å². The Kier molecular flexibility index (Phi) is 2.98. The molecule has 0 saturated heterocycles. The molecule has 0 unspecified atom stereocenters. The minimum Gasteiger partial charge on any atom is -0.362 e. The zero-order valence-electron chi connectivity index (χ0n) is 11.1. The smallest absolute Gasteiger partial charge is 0.297 e. The Labute approximate surface area is 120 Å². The van der Waals surface area contributed by atoms with Gasteiger partial charge in [0.25, 0.3) is 5.82 Å². The molecule has 0 bridgehead atoms. The van der Waals surface area contributed by atoms with Crippen molar-refractivity contribution in [3.63, 3.8) is 0 Å². The average molecular weight is 291 g/mol. The van der Waals surface area contributed by atoms with E-state index in [1.165, 1.54) is 6.33 Å². The molecule has 3 rings (SSSR count). The summed E-state index contributed by atoms with van der Waals surface area (Å²) in [5.41, 5.74) is 8.11. The predicted octanol–water partition coefficient (Wildman–Crippen LogP) is 0.638. The summed E-state index contributed by atoms with van der Waals surface area (Å²) in [5.74, 6) is 1.36. The molecule has 0 aliphatic rings. The predicted molar refractivity (Wildman–Crippen MR) is 74.0 cm³/mol. The van der Waals surface area contributed by atoms with Crippen molar-refractivity contribution < 1.29 is 4.57 Å². The lowest BCUT2D eigenvalue weighted by Gasteiger charge is -2.05. The maximum Gasteiger partial charge on any atom is 0.297 e. The number of hydrogen-bond acceptors (Lipinski definition) is 5. The molecule has 20 heavy (non-hydrogen) atoms. The van der Waals surface area contributed by atoms with Crippen LogP contribution in [0.1, 0.15) is 11.4 Å². The van der Waals surface area contributed by atoms with Gasteiger partial charge in [-0.15, -0.1) is 0 Å². The highest BCUT2D eigenvalue weighted by molar-refractivity contribution is 6.33. The lowest BCUT2D eigenvalue weighted by molar-refractivity contribution is -0.681. The summed E-state index contributed by atoms with van der Waals surface area (Å²) in [4.78, 5) is 16.6. The second-order valence-corrected chi connectivity index (χ2v) is 4.88. The number of rotatable bonds is 2. The van der Waals surface area contributed by atoms with Crippen molar-refractivity contribution in [1.82, 2.24) is 24.5 Å². The van der Waals surface area contributed by atoms with Crippen LogP contribution >= 0.6 is 11.6 Å². The van der Waals surface area contributed by atoms with Gasteiger partial charge in [0, 0.05) is 6.92 Å². The Hall–Kier alpha value is -2.28. The molecular formula is C12H13ClN7+. The van der Waals surface area contributed by atoms with E-state index in [1.807, 2.05) is 29.3 Å². The lowest BCUT2D eigenvalue weighted by Crippen LogP contribution is -2.34. The molecule has 102 valence electrons. The minimum atomic E-state index is 0.342. The van der Waals surface area contributed by atoms with Crippen molar-refractivity contribution in [1.29, 1.82) is 0 Å². The first-order chi connectivity index (χ1) is 9.56. The molecular weight excluding hydrogens is 278 g/mol. The molecule has 0 radical (unpaired) electrons. The molecule has 3 heterocycles. The molecule has 7 nitrogen and oxygen atoms in total. The van der Waals surface area contributed by atoms with E-state index < -0.39 is 0 Å². The first-order valence-corrected chi connectivity index (χ1v) is 6.37. The SMILES string of the molecule is Cc1nc(N)c(Cn2cnc3c(Cl)ncnc32)c[n+]1C. The number of nitrogens with two attached hydrogens (primary N) is 1. The number of halogens is 1. The van der Waals surface area contributed by atoms with Gasteiger partial charge in [0.15, 0.2) is 10.8 Å². The summed E-state index contributed by atoms with van der Waals surface area (Å²) in [6.07, 6.45) is 5.04. The van der Waals surface area contributed by atoms with Crippen molar-refractivity contribution in [3.05, 3.63) is 35.4 Å². The standard InChI is InChI=1S/C12H12ClN7/c1-7-18-11(14)8(3-19(7)2)4-20-6-17-9-10(13)15-5-16-12(9)20/h3,5-6,14H,4H2,1-2H3/p+1. The van der Waals surface area contributed by atoms with Crippen LogP contribution in [0.4, 0.5) is 5.82 Å². The normalized spacial score (nSPS) is 11.2. The van der Waals surface area contributed by atoms with E-state index in [1.54, 1.807) is 6.33 Å². The Balaban J connectivity index is 2.06. The van der Waals surface area contributed by atoms with Gasteiger partial charge in [-0.3, -0.25) is 0 Å².